The van der Waals surface area contributed by atoms with E-state index in [1.165, 1.54) is 24.5 Å². The summed E-state index contributed by atoms with van der Waals surface area (Å²) >= 11 is 0. The highest BCUT2D eigenvalue weighted by molar-refractivity contribution is 6.03. The summed E-state index contributed by atoms with van der Waals surface area (Å²) in [5.41, 5.74) is 0.361. The zero-order valence-electron chi connectivity index (χ0n) is 11.5. The number of methoxy groups -OCH3 is 1. The van der Waals surface area contributed by atoms with Crippen molar-refractivity contribution in [1.82, 2.24) is 9.97 Å². The highest BCUT2D eigenvalue weighted by Crippen LogP contribution is 2.13. The Bertz CT molecular complexity index is 604. The fourth-order valence-electron chi connectivity index (χ4n) is 1.56. The van der Waals surface area contributed by atoms with Crippen molar-refractivity contribution in [2.24, 2.45) is 0 Å². The van der Waals surface area contributed by atoms with Crippen LogP contribution in [-0.2, 0) is 4.74 Å². The first kappa shape index (κ1) is 14.9. The van der Waals surface area contributed by atoms with Crippen molar-refractivity contribution in [1.29, 1.82) is 0 Å². The van der Waals surface area contributed by atoms with Gasteiger partial charge in [0, 0.05) is 26.0 Å². The maximum atomic E-state index is 13.4. The van der Waals surface area contributed by atoms with Crippen LogP contribution in [0, 0.1) is 5.82 Å². The summed E-state index contributed by atoms with van der Waals surface area (Å²) in [6, 6.07) is 5.94. The summed E-state index contributed by atoms with van der Waals surface area (Å²) in [5.74, 6) is -0.567. The predicted molar refractivity (Wildman–Crippen MR) is 76.8 cm³/mol. The minimum atomic E-state index is -0.496. The molecule has 6 nitrogen and oxygen atoms in total. The van der Waals surface area contributed by atoms with Crippen molar-refractivity contribution < 1.29 is 13.9 Å². The van der Waals surface area contributed by atoms with Crippen molar-refractivity contribution in [2.75, 3.05) is 30.9 Å². The Labute approximate surface area is 121 Å². The fourth-order valence-corrected chi connectivity index (χ4v) is 1.56. The average molecular weight is 290 g/mol. The standard InChI is InChI=1S/C14H15FN4O2/c1-21-7-6-16-14-17-8-10(9-18-14)13(20)19-12-5-3-2-4-11(12)15/h2-5,8-9H,6-7H2,1H3,(H,19,20)(H,16,17,18). The first-order valence-electron chi connectivity index (χ1n) is 6.31. The van der Waals surface area contributed by atoms with Crippen LogP contribution in [0.3, 0.4) is 0 Å². The van der Waals surface area contributed by atoms with Gasteiger partial charge in [0.1, 0.15) is 5.82 Å². The smallest absolute Gasteiger partial charge is 0.258 e. The van der Waals surface area contributed by atoms with Crippen LogP contribution in [0.5, 0.6) is 0 Å². The second-order valence-corrected chi connectivity index (χ2v) is 4.15. The Kier molecular flexibility index (Phi) is 5.16. The molecule has 0 unspecified atom stereocenters. The lowest BCUT2D eigenvalue weighted by Gasteiger charge is -2.07. The molecule has 0 saturated carbocycles. The van der Waals surface area contributed by atoms with Crippen molar-refractivity contribution in [2.45, 2.75) is 0 Å². The molecular formula is C14H15FN4O2. The second kappa shape index (κ2) is 7.30. The molecule has 1 heterocycles. The number of hydrogen-bond acceptors (Lipinski definition) is 5. The molecule has 0 bridgehead atoms. The van der Waals surface area contributed by atoms with Gasteiger partial charge in [0.05, 0.1) is 17.9 Å². The number of nitrogens with zero attached hydrogens (tertiary/aromatic N) is 2. The molecule has 1 aromatic heterocycles. The van der Waals surface area contributed by atoms with E-state index < -0.39 is 11.7 Å². The van der Waals surface area contributed by atoms with Gasteiger partial charge in [0.25, 0.3) is 5.91 Å². The number of carbonyl (C=O) groups excluding carboxylic acids is 1. The Morgan fingerprint density at radius 3 is 2.67 bits per heavy atom. The highest BCUT2D eigenvalue weighted by Gasteiger charge is 2.09. The zero-order valence-corrected chi connectivity index (χ0v) is 11.5. The SMILES string of the molecule is COCCNc1ncc(C(=O)Nc2ccccc2F)cn1. The number of hydrogen-bond donors (Lipinski definition) is 2. The minimum Gasteiger partial charge on any atom is -0.383 e. The number of anilines is 2. The van der Waals surface area contributed by atoms with Crippen LogP contribution < -0.4 is 10.6 Å². The maximum absolute atomic E-state index is 13.4. The molecule has 21 heavy (non-hydrogen) atoms. The highest BCUT2D eigenvalue weighted by atomic mass is 19.1. The van der Waals surface area contributed by atoms with Gasteiger partial charge in [-0.15, -0.1) is 0 Å². The Hall–Kier alpha value is -2.54. The van der Waals surface area contributed by atoms with E-state index in [-0.39, 0.29) is 11.3 Å². The number of ether oxygens (including phenoxy) is 1. The molecule has 110 valence electrons. The average Bonchev–Trinajstić information content (AvgIpc) is 2.50. The number of carbonyl (C=O) groups is 1. The minimum absolute atomic E-state index is 0.116. The predicted octanol–water partition coefficient (Wildman–Crippen LogP) is 1.93. The number of benzene rings is 1. The first-order valence-corrected chi connectivity index (χ1v) is 6.31. The third-order valence-corrected chi connectivity index (χ3v) is 2.63. The largest absolute Gasteiger partial charge is 0.383 e. The number of amides is 1. The van der Waals surface area contributed by atoms with Gasteiger partial charge in [-0.3, -0.25) is 4.79 Å². The Morgan fingerprint density at radius 2 is 2.00 bits per heavy atom. The van der Waals surface area contributed by atoms with Gasteiger partial charge in [-0.05, 0) is 12.1 Å². The molecule has 0 saturated heterocycles. The third kappa shape index (κ3) is 4.22. The Balaban J connectivity index is 1.98. The molecule has 0 atom stereocenters. The topological polar surface area (TPSA) is 76.1 Å². The van der Waals surface area contributed by atoms with Gasteiger partial charge in [0.15, 0.2) is 0 Å². The van der Waals surface area contributed by atoms with Gasteiger partial charge in [-0.1, -0.05) is 12.1 Å². The lowest BCUT2D eigenvalue weighted by Crippen LogP contribution is -2.15. The van der Waals surface area contributed by atoms with Crippen molar-refractivity contribution in [3.05, 3.63) is 48.0 Å². The van der Waals surface area contributed by atoms with Crippen molar-refractivity contribution in [3.63, 3.8) is 0 Å². The number of nitrogens with one attached hydrogen (secondary N) is 2. The van der Waals surface area contributed by atoms with Crippen LogP contribution in [0.2, 0.25) is 0 Å². The lowest BCUT2D eigenvalue weighted by molar-refractivity contribution is 0.102. The molecule has 0 radical (unpaired) electrons. The fraction of sp³-hybridized carbons (Fsp3) is 0.214. The number of para-hydroxylation sites is 1. The first-order chi connectivity index (χ1) is 10.2. The number of aromatic nitrogens is 2. The molecule has 1 amide bonds. The summed E-state index contributed by atoms with van der Waals surface area (Å²) in [4.78, 5) is 19.9. The van der Waals surface area contributed by atoms with E-state index in [4.69, 9.17) is 4.74 Å². The normalized spacial score (nSPS) is 10.2. The molecule has 0 fully saturated rings. The van der Waals surface area contributed by atoms with Crippen LogP contribution >= 0.6 is 0 Å². The molecular weight excluding hydrogens is 275 g/mol. The quantitative estimate of drug-likeness (QED) is 0.795. The summed E-state index contributed by atoms with van der Waals surface area (Å²) in [6.07, 6.45) is 2.75. The molecule has 2 aromatic rings. The van der Waals surface area contributed by atoms with Crippen LogP contribution in [-0.4, -0.2) is 36.1 Å². The molecule has 0 aliphatic heterocycles. The molecule has 2 rings (SSSR count). The summed E-state index contributed by atoms with van der Waals surface area (Å²) in [5, 5.41) is 5.40. The van der Waals surface area contributed by atoms with Crippen LogP contribution in [0.4, 0.5) is 16.0 Å². The summed E-state index contributed by atoms with van der Waals surface area (Å²) < 4.78 is 18.3. The second-order valence-electron chi connectivity index (χ2n) is 4.15. The van der Waals surface area contributed by atoms with Gasteiger partial charge in [-0.2, -0.15) is 0 Å². The number of halogens is 1. The van der Waals surface area contributed by atoms with E-state index in [0.29, 0.717) is 19.1 Å². The molecule has 7 heteroatoms. The van der Waals surface area contributed by atoms with E-state index in [0.717, 1.165) is 0 Å². The van der Waals surface area contributed by atoms with Crippen molar-refractivity contribution >= 4 is 17.5 Å². The monoisotopic (exact) mass is 290 g/mol. The van der Waals surface area contributed by atoms with Gasteiger partial charge in [0.2, 0.25) is 5.95 Å². The van der Waals surface area contributed by atoms with Gasteiger partial charge in [-0.25, -0.2) is 14.4 Å². The van der Waals surface area contributed by atoms with Crippen LogP contribution in [0.1, 0.15) is 10.4 Å². The molecule has 2 N–H and O–H groups in total. The van der Waals surface area contributed by atoms with Crippen molar-refractivity contribution in [3.8, 4) is 0 Å². The molecule has 0 aliphatic rings. The van der Waals surface area contributed by atoms with Crippen LogP contribution in [0.15, 0.2) is 36.7 Å². The van der Waals surface area contributed by atoms with Crippen LogP contribution in [0.25, 0.3) is 0 Å². The summed E-state index contributed by atoms with van der Waals surface area (Å²) in [7, 11) is 1.60. The summed E-state index contributed by atoms with van der Waals surface area (Å²) in [6.45, 7) is 1.09. The molecule has 1 aromatic carbocycles. The van der Waals surface area contributed by atoms with Gasteiger partial charge >= 0.3 is 0 Å². The Morgan fingerprint density at radius 1 is 1.29 bits per heavy atom. The third-order valence-electron chi connectivity index (χ3n) is 2.63. The van der Waals surface area contributed by atoms with E-state index in [2.05, 4.69) is 20.6 Å². The maximum Gasteiger partial charge on any atom is 0.258 e. The van der Waals surface area contributed by atoms with E-state index in [1.807, 2.05) is 0 Å². The lowest BCUT2D eigenvalue weighted by atomic mass is 10.2. The van der Waals surface area contributed by atoms with Gasteiger partial charge < -0.3 is 15.4 Å². The molecule has 0 aliphatic carbocycles. The van der Waals surface area contributed by atoms with E-state index >= 15 is 0 Å². The zero-order chi connectivity index (χ0) is 15.1. The number of rotatable bonds is 6. The van der Waals surface area contributed by atoms with E-state index in [1.54, 1.807) is 19.2 Å². The van der Waals surface area contributed by atoms with E-state index in [9.17, 15) is 9.18 Å². The molecule has 0 spiro atoms.